The van der Waals surface area contributed by atoms with Gasteiger partial charge in [0.2, 0.25) is 5.91 Å². The van der Waals surface area contributed by atoms with Crippen LogP contribution in [0.4, 0.5) is 0 Å². The lowest BCUT2D eigenvalue weighted by Gasteiger charge is -2.63. The molecule has 2 aromatic carbocycles. The number of benzene rings is 2. The molecule has 7 rings (SSSR count). The zero-order valence-electron chi connectivity index (χ0n) is 19.6. The molecule has 2 bridgehead atoms. The van der Waals surface area contributed by atoms with E-state index in [1.807, 2.05) is 48.2 Å². The van der Waals surface area contributed by atoms with Gasteiger partial charge in [0, 0.05) is 23.9 Å². The van der Waals surface area contributed by atoms with Gasteiger partial charge in [-0.2, -0.15) is 0 Å². The number of amides is 1. The van der Waals surface area contributed by atoms with Gasteiger partial charge in [-0.1, -0.05) is 43.3 Å². The second-order valence-electron chi connectivity index (χ2n) is 11.0. The van der Waals surface area contributed by atoms with E-state index in [-0.39, 0.29) is 23.6 Å². The molecule has 1 fully saturated rings. The minimum Gasteiger partial charge on any atom is -0.504 e. The number of phenolic OH excluding ortho intramolecular Hbond substituents is 1. The highest BCUT2D eigenvalue weighted by atomic mass is 16.5. The van der Waals surface area contributed by atoms with Crippen LogP contribution in [0.2, 0.25) is 0 Å². The number of ether oxygens (including phenoxy) is 1. The highest BCUT2D eigenvalue weighted by Gasteiger charge is 2.73. The molecular formula is C28H30N2O4. The molecule has 2 N–H and O–H groups in total. The zero-order valence-corrected chi connectivity index (χ0v) is 19.6. The normalized spacial score (nSPS) is 35.7. The van der Waals surface area contributed by atoms with Crippen LogP contribution in [0.15, 0.2) is 53.7 Å². The molecule has 34 heavy (non-hydrogen) atoms. The van der Waals surface area contributed by atoms with Gasteiger partial charge in [-0.25, -0.2) is 0 Å². The maximum absolute atomic E-state index is 13.6. The highest BCUT2D eigenvalue weighted by Crippen LogP contribution is 2.67. The molecule has 5 aliphatic rings. The first kappa shape index (κ1) is 20.5. The number of carbonyl (C=O) groups is 1. The van der Waals surface area contributed by atoms with Crippen LogP contribution in [0.3, 0.4) is 0 Å². The molecule has 6 heteroatoms. The van der Waals surface area contributed by atoms with Crippen molar-refractivity contribution in [1.82, 2.24) is 9.80 Å². The van der Waals surface area contributed by atoms with Crippen molar-refractivity contribution < 1.29 is 19.7 Å². The number of hydrogen-bond acceptors (Lipinski definition) is 5. The van der Waals surface area contributed by atoms with Crippen molar-refractivity contribution in [3.8, 4) is 11.5 Å². The number of likely N-dealkylation sites (tertiary alicyclic amines) is 1. The van der Waals surface area contributed by atoms with Crippen LogP contribution < -0.4 is 4.74 Å². The monoisotopic (exact) mass is 458 g/mol. The average molecular weight is 459 g/mol. The molecule has 3 heterocycles. The van der Waals surface area contributed by atoms with Crippen LogP contribution >= 0.6 is 0 Å². The van der Waals surface area contributed by atoms with Gasteiger partial charge in [-0.05, 0) is 55.6 Å². The lowest BCUT2D eigenvalue weighted by atomic mass is 9.48. The molecule has 2 aromatic rings. The Kier molecular flexibility index (Phi) is 4.01. The van der Waals surface area contributed by atoms with Gasteiger partial charge >= 0.3 is 0 Å². The third-order valence-electron chi connectivity index (χ3n) is 9.29. The first-order chi connectivity index (χ1) is 16.3. The lowest BCUT2D eigenvalue weighted by Crippen LogP contribution is -2.75. The van der Waals surface area contributed by atoms with E-state index in [2.05, 4.69) is 11.9 Å². The first-order valence-electron chi connectivity index (χ1n) is 12.4. The van der Waals surface area contributed by atoms with Gasteiger partial charge in [0.25, 0.3) is 0 Å². The maximum atomic E-state index is 13.6. The van der Waals surface area contributed by atoms with E-state index >= 15 is 0 Å². The number of nitrogens with zero attached hydrogens (tertiary/aromatic N) is 2. The van der Waals surface area contributed by atoms with E-state index in [1.165, 1.54) is 0 Å². The number of rotatable bonds is 2. The third-order valence-corrected chi connectivity index (χ3v) is 9.29. The van der Waals surface area contributed by atoms with Crippen molar-refractivity contribution >= 4 is 5.91 Å². The minimum absolute atomic E-state index is 0.0279. The number of aromatic hydroxyl groups is 1. The molecule has 1 saturated heterocycles. The van der Waals surface area contributed by atoms with E-state index in [1.54, 1.807) is 6.07 Å². The Labute approximate surface area is 199 Å². The number of aliphatic hydroxyl groups is 1. The summed E-state index contributed by atoms with van der Waals surface area (Å²) in [4.78, 5) is 17.8. The number of likely N-dealkylation sites (N-methyl/N-ethyl adjacent to an activating group) is 1. The summed E-state index contributed by atoms with van der Waals surface area (Å²) in [7, 11) is 2.10. The molecule has 2 aliphatic carbocycles. The second kappa shape index (κ2) is 6.64. The number of piperidine rings is 1. The van der Waals surface area contributed by atoms with Crippen LogP contribution in [0.25, 0.3) is 0 Å². The van der Waals surface area contributed by atoms with Gasteiger partial charge in [0.15, 0.2) is 17.6 Å². The molecular weight excluding hydrogens is 428 g/mol. The first-order valence-corrected chi connectivity index (χ1v) is 12.4. The molecule has 0 radical (unpaired) electrons. The Balaban J connectivity index is 1.46. The summed E-state index contributed by atoms with van der Waals surface area (Å²) in [6.07, 6.45) is 2.15. The van der Waals surface area contributed by atoms with Crippen LogP contribution in [-0.4, -0.2) is 57.3 Å². The van der Waals surface area contributed by atoms with Crippen LogP contribution in [0.1, 0.15) is 42.9 Å². The van der Waals surface area contributed by atoms with Gasteiger partial charge in [-0.15, -0.1) is 0 Å². The van der Waals surface area contributed by atoms with E-state index in [0.29, 0.717) is 25.1 Å². The molecule has 3 aliphatic heterocycles. The Morgan fingerprint density at radius 2 is 1.94 bits per heavy atom. The summed E-state index contributed by atoms with van der Waals surface area (Å²) in [5, 5.41) is 23.4. The number of hydrogen-bond donors (Lipinski definition) is 2. The summed E-state index contributed by atoms with van der Waals surface area (Å²) in [5.41, 5.74) is 3.56. The number of carbonyl (C=O) groups excluding carboxylic acids is 1. The minimum atomic E-state index is -1.01. The molecule has 5 atom stereocenters. The van der Waals surface area contributed by atoms with Crippen molar-refractivity contribution in [3.05, 3.63) is 70.4 Å². The Bertz CT molecular complexity index is 1260. The molecule has 1 amide bonds. The van der Waals surface area contributed by atoms with E-state index in [9.17, 15) is 15.0 Å². The fraction of sp³-hybridized carbons (Fsp3) is 0.464. The summed E-state index contributed by atoms with van der Waals surface area (Å²) in [6, 6.07) is 13.7. The van der Waals surface area contributed by atoms with Gasteiger partial charge in [0.1, 0.15) is 0 Å². The van der Waals surface area contributed by atoms with Crippen LogP contribution in [0, 0.1) is 5.92 Å². The molecule has 1 spiro atoms. The standard InChI is InChI=1S/C28H30N2O4/c1-16-12-19-14-28(33)21-13-18-8-9-20(31)24-22(18)27(28,10-11-29(21)2)25(34-24)23(19)30(26(16)32)15-17-6-4-3-5-7-17/h3-9,16,21,25,31,33H,10-15H2,1-2H3/t16-,21-,25+,27+,28-/m1/s1. The predicted molar refractivity (Wildman–Crippen MR) is 126 cm³/mol. The van der Waals surface area contributed by atoms with Crippen molar-refractivity contribution in [2.24, 2.45) is 5.92 Å². The van der Waals surface area contributed by atoms with Crippen molar-refractivity contribution in [2.75, 3.05) is 13.6 Å². The topological polar surface area (TPSA) is 73.2 Å². The number of phenols is 1. The summed E-state index contributed by atoms with van der Waals surface area (Å²) in [5.74, 6) is 0.584. The molecule has 176 valence electrons. The fourth-order valence-corrected chi connectivity index (χ4v) is 7.81. The van der Waals surface area contributed by atoms with Crippen LogP contribution in [0.5, 0.6) is 11.5 Å². The fourth-order valence-electron chi connectivity index (χ4n) is 7.81. The second-order valence-corrected chi connectivity index (χ2v) is 11.0. The zero-order chi connectivity index (χ0) is 23.4. The molecule has 0 saturated carbocycles. The average Bonchev–Trinajstić information content (AvgIpc) is 3.17. The smallest absolute Gasteiger partial charge is 0.230 e. The Morgan fingerprint density at radius 3 is 2.74 bits per heavy atom. The Morgan fingerprint density at radius 1 is 1.15 bits per heavy atom. The molecule has 0 aromatic heterocycles. The highest BCUT2D eigenvalue weighted by molar-refractivity contribution is 5.83. The summed E-state index contributed by atoms with van der Waals surface area (Å²) < 4.78 is 6.65. The van der Waals surface area contributed by atoms with Crippen molar-refractivity contribution in [3.63, 3.8) is 0 Å². The van der Waals surface area contributed by atoms with Gasteiger partial charge < -0.3 is 24.7 Å². The van der Waals surface area contributed by atoms with Gasteiger partial charge in [-0.3, -0.25) is 4.79 Å². The van der Waals surface area contributed by atoms with Crippen LogP contribution in [-0.2, 0) is 23.2 Å². The predicted octanol–water partition coefficient (Wildman–Crippen LogP) is 3.11. The van der Waals surface area contributed by atoms with Crippen molar-refractivity contribution in [2.45, 2.75) is 62.3 Å². The number of fused-ring (bicyclic) bond motifs is 1. The Hall–Kier alpha value is -2.83. The summed E-state index contributed by atoms with van der Waals surface area (Å²) in [6.45, 7) is 3.31. The SMILES string of the molecule is C[C@@H]1CC2=C([C@@H]3Oc4c(O)ccc5c4[C@@]34CCN(C)[C@H](C5)[C@]4(O)C2)N(Cc2ccccc2)C1=O. The van der Waals surface area contributed by atoms with E-state index in [4.69, 9.17) is 4.74 Å². The summed E-state index contributed by atoms with van der Waals surface area (Å²) >= 11 is 0. The quantitative estimate of drug-likeness (QED) is 0.724. The molecule has 6 nitrogen and oxygen atoms in total. The van der Waals surface area contributed by atoms with Crippen molar-refractivity contribution in [1.29, 1.82) is 0 Å². The van der Waals surface area contributed by atoms with Gasteiger partial charge in [0.05, 0.1) is 23.3 Å². The van der Waals surface area contributed by atoms with E-state index < -0.39 is 17.1 Å². The molecule has 0 unspecified atom stereocenters. The van der Waals surface area contributed by atoms with E-state index in [0.717, 1.165) is 47.3 Å². The maximum Gasteiger partial charge on any atom is 0.230 e. The lowest BCUT2D eigenvalue weighted by molar-refractivity contribution is -0.169. The third kappa shape index (κ3) is 2.31. The largest absolute Gasteiger partial charge is 0.504 e.